The molecule has 1 aliphatic rings. The largest absolute Gasteiger partial charge is 0.308 e. The van der Waals surface area contributed by atoms with Crippen LogP contribution in [0.2, 0.25) is 5.02 Å². The van der Waals surface area contributed by atoms with Gasteiger partial charge in [-0.3, -0.25) is 4.68 Å². The Morgan fingerprint density at radius 2 is 2.00 bits per heavy atom. The molecule has 1 unspecified atom stereocenters. The smallest absolute Gasteiger partial charge is 0.0834 e. The summed E-state index contributed by atoms with van der Waals surface area (Å²) in [7, 11) is 1.98. The molecule has 21 heavy (non-hydrogen) atoms. The van der Waals surface area contributed by atoms with Gasteiger partial charge in [-0.05, 0) is 42.9 Å². The number of nitrogens with one attached hydrogen (secondary N) is 1. The van der Waals surface area contributed by atoms with Gasteiger partial charge in [-0.25, -0.2) is 0 Å². The number of aryl methyl sites for hydroxylation is 1. The van der Waals surface area contributed by atoms with Crippen LogP contribution in [0.5, 0.6) is 0 Å². The van der Waals surface area contributed by atoms with E-state index >= 15 is 0 Å². The lowest BCUT2D eigenvalue weighted by Crippen LogP contribution is -2.31. The topological polar surface area (TPSA) is 29.9 Å². The predicted molar refractivity (Wildman–Crippen MR) is 86.6 cm³/mol. The van der Waals surface area contributed by atoms with Gasteiger partial charge in [-0.15, -0.1) is 0 Å². The zero-order valence-electron chi connectivity index (χ0n) is 12.6. The average molecular weight is 304 g/mol. The van der Waals surface area contributed by atoms with E-state index < -0.39 is 0 Å². The van der Waals surface area contributed by atoms with Gasteiger partial charge in [-0.2, -0.15) is 5.10 Å². The lowest BCUT2D eigenvalue weighted by Gasteiger charge is -2.25. The van der Waals surface area contributed by atoms with Gasteiger partial charge in [0.05, 0.1) is 23.0 Å². The maximum Gasteiger partial charge on any atom is 0.0834 e. The summed E-state index contributed by atoms with van der Waals surface area (Å²) >= 11 is 6.39. The van der Waals surface area contributed by atoms with Crippen molar-refractivity contribution < 1.29 is 0 Å². The Labute approximate surface area is 131 Å². The SMILES string of the molecule is CCCNC(c1c(Cl)cnn1C)C1Cc2ccccc2C1. The molecule has 1 atom stereocenters. The summed E-state index contributed by atoms with van der Waals surface area (Å²) in [6, 6.07) is 9.02. The number of nitrogens with zero attached hydrogens (tertiary/aromatic N) is 2. The molecule has 0 fully saturated rings. The Bertz CT molecular complexity index is 576. The molecule has 0 aliphatic heterocycles. The third-order valence-electron chi connectivity index (χ3n) is 4.40. The monoisotopic (exact) mass is 303 g/mol. The highest BCUT2D eigenvalue weighted by atomic mass is 35.5. The maximum atomic E-state index is 6.39. The quantitative estimate of drug-likeness (QED) is 0.916. The molecule has 0 saturated heterocycles. The third-order valence-corrected chi connectivity index (χ3v) is 4.69. The van der Waals surface area contributed by atoms with Gasteiger partial charge in [0.2, 0.25) is 0 Å². The summed E-state index contributed by atoms with van der Waals surface area (Å²) in [4.78, 5) is 0. The van der Waals surface area contributed by atoms with E-state index in [-0.39, 0.29) is 6.04 Å². The molecule has 4 heteroatoms. The molecular formula is C17H22ClN3. The van der Waals surface area contributed by atoms with E-state index in [4.69, 9.17) is 11.6 Å². The lowest BCUT2D eigenvalue weighted by molar-refractivity contribution is 0.356. The molecule has 0 amide bonds. The molecule has 0 bridgehead atoms. The van der Waals surface area contributed by atoms with Gasteiger partial charge >= 0.3 is 0 Å². The molecule has 1 aromatic carbocycles. The molecule has 0 radical (unpaired) electrons. The van der Waals surface area contributed by atoms with Crippen molar-refractivity contribution in [2.24, 2.45) is 13.0 Å². The Morgan fingerprint density at radius 3 is 2.52 bits per heavy atom. The normalized spacial score (nSPS) is 16.1. The van der Waals surface area contributed by atoms with Crippen LogP contribution in [0.1, 0.15) is 36.2 Å². The first kappa shape index (κ1) is 14.6. The van der Waals surface area contributed by atoms with Crippen molar-refractivity contribution in [3.63, 3.8) is 0 Å². The van der Waals surface area contributed by atoms with E-state index in [1.807, 2.05) is 11.7 Å². The van der Waals surface area contributed by atoms with E-state index in [9.17, 15) is 0 Å². The molecule has 3 nitrogen and oxygen atoms in total. The van der Waals surface area contributed by atoms with Gasteiger partial charge in [0.25, 0.3) is 0 Å². The molecule has 0 saturated carbocycles. The molecule has 1 aliphatic carbocycles. The lowest BCUT2D eigenvalue weighted by atomic mass is 9.93. The van der Waals surface area contributed by atoms with Crippen LogP contribution in [0.15, 0.2) is 30.5 Å². The van der Waals surface area contributed by atoms with Crippen LogP contribution in [0, 0.1) is 5.92 Å². The standard InChI is InChI=1S/C17H22ClN3/c1-3-8-19-16(17-15(18)11-20-21(17)2)14-9-12-6-4-5-7-13(12)10-14/h4-7,11,14,16,19H,3,8-10H2,1-2H3. The van der Waals surface area contributed by atoms with Crippen molar-refractivity contribution in [2.75, 3.05) is 6.54 Å². The number of hydrogen-bond donors (Lipinski definition) is 1. The third kappa shape index (κ3) is 2.85. The van der Waals surface area contributed by atoms with Crippen LogP contribution in [0.25, 0.3) is 0 Å². The molecule has 1 N–H and O–H groups in total. The van der Waals surface area contributed by atoms with Crippen LogP contribution in [0.3, 0.4) is 0 Å². The summed E-state index contributed by atoms with van der Waals surface area (Å²) in [5.41, 5.74) is 4.07. The number of fused-ring (bicyclic) bond motifs is 1. The first-order valence-electron chi connectivity index (χ1n) is 7.68. The summed E-state index contributed by atoms with van der Waals surface area (Å²) < 4.78 is 1.92. The Balaban J connectivity index is 1.88. The molecule has 0 spiro atoms. The zero-order valence-corrected chi connectivity index (χ0v) is 13.4. The molecule has 2 aromatic rings. The molecular weight excluding hydrogens is 282 g/mol. The fourth-order valence-electron chi connectivity index (χ4n) is 3.39. The number of rotatable bonds is 5. The van der Waals surface area contributed by atoms with Crippen molar-refractivity contribution in [2.45, 2.75) is 32.2 Å². The Hall–Kier alpha value is -1.32. The highest BCUT2D eigenvalue weighted by Crippen LogP contribution is 2.37. The fourth-order valence-corrected chi connectivity index (χ4v) is 3.67. The summed E-state index contributed by atoms with van der Waals surface area (Å²) in [5.74, 6) is 0.543. The first-order valence-corrected chi connectivity index (χ1v) is 8.06. The van der Waals surface area contributed by atoms with E-state index in [1.165, 1.54) is 11.1 Å². The number of hydrogen-bond acceptors (Lipinski definition) is 2. The van der Waals surface area contributed by atoms with Gasteiger partial charge < -0.3 is 5.32 Å². The second-order valence-electron chi connectivity index (χ2n) is 5.87. The predicted octanol–water partition coefficient (Wildman–Crippen LogP) is 3.53. The van der Waals surface area contributed by atoms with Gasteiger partial charge in [-0.1, -0.05) is 42.8 Å². The van der Waals surface area contributed by atoms with Crippen molar-refractivity contribution in [1.29, 1.82) is 0 Å². The Kier molecular flexibility index (Phi) is 4.32. The van der Waals surface area contributed by atoms with Crippen LogP contribution in [-0.4, -0.2) is 16.3 Å². The van der Waals surface area contributed by atoms with Crippen LogP contribution in [-0.2, 0) is 19.9 Å². The van der Waals surface area contributed by atoms with Crippen molar-refractivity contribution in [1.82, 2.24) is 15.1 Å². The molecule has 1 aromatic heterocycles. The van der Waals surface area contributed by atoms with Crippen LogP contribution >= 0.6 is 11.6 Å². The highest BCUT2D eigenvalue weighted by molar-refractivity contribution is 6.31. The van der Waals surface area contributed by atoms with Gasteiger partial charge in [0.15, 0.2) is 0 Å². The summed E-state index contributed by atoms with van der Waals surface area (Å²) in [6.45, 7) is 3.19. The Morgan fingerprint density at radius 1 is 1.33 bits per heavy atom. The van der Waals surface area contributed by atoms with Crippen molar-refractivity contribution in [3.8, 4) is 0 Å². The minimum Gasteiger partial charge on any atom is -0.308 e. The van der Waals surface area contributed by atoms with Crippen molar-refractivity contribution >= 4 is 11.6 Å². The van der Waals surface area contributed by atoms with Gasteiger partial charge in [0, 0.05) is 7.05 Å². The second-order valence-corrected chi connectivity index (χ2v) is 6.28. The average Bonchev–Trinajstić information content (AvgIpc) is 3.05. The first-order chi connectivity index (χ1) is 10.2. The molecule has 3 rings (SSSR count). The van der Waals surface area contributed by atoms with Crippen molar-refractivity contribution in [3.05, 3.63) is 52.3 Å². The van der Waals surface area contributed by atoms with E-state index in [0.29, 0.717) is 5.92 Å². The summed E-state index contributed by atoms with van der Waals surface area (Å²) in [5, 5.41) is 8.76. The highest BCUT2D eigenvalue weighted by Gasteiger charge is 2.32. The number of halogens is 1. The zero-order chi connectivity index (χ0) is 14.8. The van der Waals surface area contributed by atoms with Gasteiger partial charge in [0.1, 0.15) is 0 Å². The minimum atomic E-state index is 0.261. The maximum absolute atomic E-state index is 6.39. The van der Waals surface area contributed by atoms with E-state index in [0.717, 1.165) is 36.5 Å². The van der Waals surface area contributed by atoms with E-state index in [1.54, 1.807) is 6.20 Å². The van der Waals surface area contributed by atoms with E-state index in [2.05, 4.69) is 41.6 Å². The fraction of sp³-hybridized carbons (Fsp3) is 0.471. The number of aromatic nitrogens is 2. The second kappa shape index (κ2) is 6.20. The summed E-state index contributed by atoms with van der Waals surface area (Å²) in [6.07, 6.45) is 5.09. The number of benzene rings is 1. The molecule has 1 heterocycles. The van der Waals surface area contributed by atoms with Crippen LogP contribution < -0.4 is 5.32 Å². The van der Waals surface area contributed by atoms with Crippen LogP contribution in [0.4, 0.5) is 0 Å². The molecule has 112 valence electrons. The minimum absolute atomic E-state index is 0.261.